The molecule has 0 aliphatic heterocycles. The Hall–Kier alpha value is -2.94. The molecule has 0 fully saturated rings. The first-order chi connectivity index (χ1) is 9.88. The molecule has 0 aliphatic carbocycles. The van der Waals surface area contributed by atoms with E-state index in [0.29, 0.717) is 0 Å². The highest BCUT2D eigenvalue weighted by Gasteiger charge is 2.19. The molecular formula is C11H6ClN3O6. The summed E-state index contributed by atoms with van der Waals surface area (Å²) < 4.78 is 4.71. The second-order valence-corrected chi connectivity index (χ2v) is 4.18. The van der Waals surface area contributed by atoms with Crippen molar-refractivity contribution in [3.63, 3.8) is 0 Å². The maximum Gasteiger partial charge on any atom is 0.433 e. The van der Waals surface area contributed by atoms with E-state index in [-0.39, 0.29) is 22.2 Å². The van der Waals surface area contributed by atoms with Crippen LogP contribution in [0.2, 0.25) is 5.02 Å². The van der Waals surface area contributed by atoms with Crippen LogP contribution in [0, 0.1) is 20.2 Å². The Bertz CT molecular complexity index is 741. The number of halogens is 1. The van der Waals surface area contributed by atoms with E-state index in [4.69, 9.17) is 16.0 Å². The van der Waals surface area contributed by atoms with Crippen LogP contribution in [0.5, 0.6) is 0 Å². The first-order valence-corrected chi connectivity index (χ1v) is 5.76. The molecule has 0 bridgehead atoms. The van der Waals surface area contributed by atoms with Gasteiger partial charge in [0.05, 0.1) is 11.0 Å². The minimum absolute atomic E-state index is 0.0772. The van der Waals surface area contributed by atoms with Crippen LogP contribution in [-0.4, -0.2) is 15.8 Å². The number of hydrogen-bond acceptors (Lipinski definition) is 6. The number of nitrogens with one attached hydrogen (secondary N) is 1. The Morgan fingerprint density at radius 3 is 2.43 bits per heavy atom. The topological polar surface area (TPSA) is 129 Å². The summed E-state index contributed by atoms with van der Waals surface area (Å²) in [6, 6.07) is 5.82. The molecule has 0 atom stereocenters. The molecule has 21 heavy (non-hydrogen) atoms. The average Bonchev–Trinajstić information content (AvgIpc) is 2.90. The third-order valence-corrected chi connectivity index (χ3v) is 2.72. The van der Waals surface area contributed by atoms with Crippen molar-refractivity contribution in [1.29, 1.82) is 0 Å². The number of carbonyl (C=O) groups is 1. The second kappa shape index (κ2) is 5.59. The van der Waals surface area contributed by atoms with Crippen molar-refractivity contribution < 1.29 is 19.1 Å². The van der Waals surface area contributed by atoms with Gasteiger partial charge in [0.1, 0.15) is 9.95 Å². The lowest BCUT2D eigenvalue weighted by atomic mass is 10.2. The highest BCUT2D eigenvalue weighted by Crippen LogP contribution is 2.27. The Balaban J connectivity index is 2.21. The molecule has 10 heteroatoms. The number of benzene rings is 1. The molecule has 9 nitrogen and oxygen atoms in total. The van der Waals surface area contributed by atoms with Gasteiger partial charge in [-0.1, -0.05) is 11.6 Å². The number of nitro groups is 2. The monoisotopic (exact) mass is 311 g/mol. The molecule has 0 radical (unpaired) electrons. The predicted molar refractivity (Wildman–Crippen MR) is 71.4 cm³/mol. The zero-order chi connectivity index (χ0) is 15.6. The van der Waals surface area contributed by atoms with Gasteiger partial charge in [0.2, 0.25) is 0 Å². The Kier molecular flexibility index (Phi) is 3.85. The molecule has 0 unspecified atom stereocenters. The molecular weight excluding hydrogens is 306 g/mol. The highest BCUT2D eigenvalue weighted by atomic mass is 35.5. The Labute approximate surface area is 121 Å². The van der Waals surface area contributed by atoms with Gasteiger partial charge in [0.25, 0.3) is 11.6 Å². The zero-order valence-electron chi connectivity index (χ0n) is 10.1. The standard InChI is InChI=1S/C11H6ClN3O6/c12-7-2-1-6(5-8(7)14(17)18)13-11(16)9-3-4-10(21-9)15(19)20/h1-5H,(H,13,16). The number of nitrogens with zero attached hydrogens (tertiary/aromatic N) is 2. The van der Waals surface area contributed by atoms with Gasteiger partial charge in [-0.15, -0.1) is 0 Å². The SMILES string of the molecule is O=C(Nc1ccc(Cl)c([N+](=O)[O-])c1)c1ccc([N+](=O)[O-])o1. The molecule has 2 aromatic rings. The van der Waals surface area contributed by atoms with E-state index in [1.807, 2.05) is 0 Å². The zero-order valence-corrected chi connectivity index (χ0v) is 10.9. The van der Waals surface area contributed by atoms with Crippen molar-refractivity contribution in [2.24, 2.45) is 0 Å². The fraction of sp³-hybridized carbons (Fsp3) is 0. The van der Waals surface area contributed by atoms with E-state index in [2.05, 4.69) is 5.32 Å². The molecule has 1 aromatic carbocycles. The summed E-state index contributed by atoms with van der Waals surface area (Å²) in [5, 5.41) is 23.4. The van der Waals surface area contributed by atoms with Gasteiger partial charge in [-0.2, -0.15) is 0 Å². The number of anilines is 1. The third-order valence-electron chi connectivity index (χ3n) is 2.40. The van der Waals surface area contributed by atoms with Gasteiger partial charge in [-0.3, -0.25) is 25.0 Å². The van der Waals surface area contributed by atoms with Crippen LogP contribution in [0.15, 0.2) is 34.7 Å². The van der Waals surface area contributed by atoms with Crippen LogP contribution >= 0.6 is 11.6 Å². The van der Waals surface area contributed by atoms with Crippen LogP contribution in [0.3, 0.4) is 0 Å². The predicted octanol–water partition coefficient (Wildman–Crippen LogP) is 3.00. The number of hydrogen-bond donors (Lipinski definition) is 1. The molecule has 1 N–H and O–H groups in total. The number of amides is 1. The molecule has 1 aromatic heterocycles. The summed E-state index contributed by atoms with van der Waals surface area (Å²) >= 11 is 5.64. The van der Waals surface area contributed by atoms with Gasteiger partial charge < -0.3 is 9.73 Å². The molecule has 0 aliphatic rings. The number of carbonyl (C=O) groups excluding carboxylic acids is 1. The lowest BCUT2D eigenvalue weighted by Crippen LogP contribution is -2.11. The van der Waals surface area contributed by atoms with Crippen LogP contribution in [0.25, 0.3) is 0 Å². The van der Waals surface area contributed by atoms with Crippen molar-refractivity contribution in [3.8, 4) is 0 Å². The smallest absolute Gasteiger partial charge is 0.395 e. The first-order valence-electron chi connectivity index (χ1n) is 5.38. The van der Waals surface area contributed by atoms with E-state index < -0.39 is 21.6 Å². The quantitative estimate of drug-likeness (QED) is 0.682. The van der Waals surface area contributed by atoms with Crippen LogP contribution < -0.4 is 5.32 Å². The second-order valence-electron chi connectivity index (χ2n) is 3.77. The molecule has 0 spiro atoms. The number of nitro benzene ring substituents is 1. The van der Waals surface area contributed by atoms with Crippen molar-refractivity contribution in [2.45, 2.75) is 0 Å². The van der Waals surface area contributed by atoms with Crippen molar-refractivity contribution in [2.75, 3.05) is 5.32 Å². The maximum absolute atomic E-state index is 11.8. The Morgan fingerprint density at radius 2 is 1.86 bits per heavy atom. The molecule has 1 heterocycles. The van der Waals surface area contributed by atoms with Gasteiger partial charge >= 0.3 is 5.88 Å². The lowest BCUT2D eigenvalue weighted by Gasteiger charge is -2.03. The van der Waals surface area contributed by atoms with Crippen LogP contribution in [0.4, 0.5) is 17.3 Å². The van der Waals surface area contributed by atoms with Gasteiger partial charge in [-0.05, 0) is 18.2 Å². The molecule has 1 amide bonds. The third kappa shape index (κ3) is 3.15. The average molecular weight is 312 g/mol. The van der Waals surface area contributed by atoms with E-state index in [1.165, 1.54) is 12.1 Å². The van der Waals surface area contributed by atoms with E-state index in [1.54, 1.807) is 0 Å². The summed E-state index contributed by atoms with van der Waals surface area (Å²) in [5.41, 5.74) is -0.268. The largest absolute Gasteiger partial charge is 0.433 e. The van der Waals surface area contributed by atoms with E-state index in [9.17, 15) is 25.0 Å². The van der Waals surface area contributed by atoms with E-state index >= 15 is 0 Å². The molecule has 108 valence electrons. The van der Waals surface area contributed by atoms with Crippen molar-refractivity contribution >= 4 is 34.8 Å². The molecule has 0 saturated heterocycles. The van der Waals surface area contributed by atoms with Gasteiger partial charge in [0.15, 0.2) is 5.76 Å². The minimum atomic E-state index is -0.788. The highest BCUT2D eigenvalue weighted by molar-refractivity contribution is 6.32. The molecule has 0 saturated carbocycles. The summed E-state index contributed by atoms with van der Waals surface area (Å²) in [7, 11) is 0. The Morgan fingerprint density at radius 1 is 1.14 bits per heavy atom. The first kappa shape index (κ1) is 14.5. The van der Waals surface area contributed by atoms with Crippen molar-refractivity contribution in [3.05, 3.63) is 61.3 Å². The van der Waals surface area contributed by atoms with Crippen LogP contribution in [0.1, 0.15) is 10.6 Å². The summed E-state index contributed by atoms with van der Waals surface area (Å²) in [6.07, 6.45) is 0. The summed E-state index contributed by atoms with van der Waals surface area (Å²) in [5.74, 6) is -1.65. The van der Waals surface area contributed by atoms with Crippen molar-refractivity contribution in [1.82, 2.24) is 0 Å². The fourth-order valence-corrected chi connectivity index (χ4v) is 1.66. The van der Waals surface area contributed by atoms with E-state index in [0.717, 1.165) is 18.2 Å². The van der Waals surface area contributed by atoms with Gasteiger partial charge in [-0.25, -0.2) is 0 Å². The summed E-state index contributed by atoms with van der Waals surface area (Å²) in [4.78, 5) is 31.5. The molecule has 2 rings (SSSR count). The van der Waals surface area contributed by atoms with Gasteiger partial charge in [0, 0.05) is 11.8 Å². The fourth-order valence-electron chi connectivity index (χ4n) is 1.47. The van der Waals surface area contributed by atoms with Crippen LogP contribution in [-0.2, 0) is 0 Å². The number of rotatable bonds is 4. The summed E-state index contributed by atoms with van der Waals surface area (Å²) in [6.45, 7) is 0. The lowest BCUT2D eigenvalue weighted by molar-refractivity contribution is -0.402. The maximum atomic E-state index is 11.8. The normalized spacial score (nSPS) is 10.1. The minimum Gasteiger partial charge on any atom is -0.395 e. The number of furan rings is 1.